The molecule has 0 radical (unpaired) electrons. The summed E-state index contributed by atoms with van der Waals surface area (Å²) >= 11 is 0. The van der Waals surface area contributed by atoms with Crippen LogP contribution in [0.1, 0.15) is 18.4 Å². The summed E-state index contributed by atoms with van der Waals surface area (Å²) in [4.78, 5) is 0. The Bertz CT molecular complexity index is 312. The molecule has 2 rings (SSSR count). The Morgan fingerprint density at radius 1 is 1.27 bits per heavy atom. The van der Waals surface area contributed by atoms with Crippen LogP contribution in [-0.4, -0.2) is 17.8 Å². The number of para-hydroxylation sites is 1. The summed E-state index contributed by atoms with van der Waals surface area (Å²) in [5.74, 6) is 0.580. The van der Waals surface area contributed by atoms with Gasteiger partial charge in [0.1, 0.15) is 7.05 Å². The molecule has 1 heterocycles. The highest BCUT2D eigenvalue weighted by atomic mass is 15.0. The van der Waals surface area contributed by atoms with E-state index in [1.807, 2.05) is 0 Å². The lowest BCUT2D eigenvalue weighted by atomic mass is 10.0. The Morgan fingerprint density at radius 2 is 2.00 bits per heavy atom. The molecule has 0 saturated carbocycles. The van der Waals surface area contributed by atoms with Gasteiger partial charge in [-0.2, -0.15) is 0 Å². The molecule has 1 unspecified atom stereocenters. The minimum Gasteiger partial charge on any atom is -0.205 e. The molecule has 0 fully saturated rings. The van der Waals surface area contributed by atoms with Crippen molar-refractivity contribution in [2.75, 3.05) is 7.05 Å². The fourth-order valence-electron chi connectivity index (χ4n) is 1.69. The second-order valence-electron chi connectivity index (χ2n) is 3.11. The minimum absolute atomic E-state index is 0.580. The van der Waals surface area contributed by atoms with E-state index in [1.165, 1.54) is 11.3 Å². The van der Waals surface area contributed by atoms with E-state index in [0.717, 1.165) is 0 Å². The predicted molar refractivity (Wildman–Crippen MR) is 46.8 cm³/mol. The Morgan fingerprint density at radius 3 is 2.73 bits per heavy atom. The summed E-state index contributed by atoms with van der Waals surface area (Å²) in [6.07, 6.45) is 2.24. The van der Waals surface area contributed by atoms with Gasteiger partial charge in [-0.25, -0.2) is 4.58 Å². The molecule has 1 aliphatic rings. The highest BCUT2D eigenvalue weighted by Crippen LogP contribution is 2.29. The fourth-order valence-corrected chi connectivity index (χ4v) is 1.69. The Balaban J connectivity index is 2.62. The molecule has 56 valence electrons. The third-order valence-electron chi connectivity index (χ3n) is 2.25. The minimum atomic E-state index is 0.580. The van der Waals surface area contributed by atoms with Crippen molar-refractivity contribution in [3.63, 3.8) is 0 Å². The van der Waals surface area contributed by atoms with Gasteiger partial charge in [-0.15, -0.1) is 0 Å². The van der Waals surface area contributed by atoms with Gasteiger partial charge >= 0.3 is 0 Å². The lowest BCUT2D eigenvalue weighted by molar-refractivity contribution is -0.396. The maximum absolute atomic E-state index is 2.24. The number of hydrogen-bond donors (Lipinski definition) is 0. The molecule has 0 amide bonds. The molecule has 0 N–H and O–H groups in total. The quantitative estimate of drug-likeness (QED) is 0.493. The molecule has 1 aromatic carbocycles. The van der Waals surface area contributed by atoms with Gasteiger partial charge in [0.25, 0.3) is 0 Å². The zero-order valence-corrected chi connectivity index (χ0v) is 6.91. The van der Waals surface area contributed by atoms with Gasteiger partial charge in [0.15, 0.2) is 6.21 Å². The number of fused-ring (bicyclic) bond motifs is 1. The highest BCUT2D eigenvalue weighted by molar-refractivity contribution is 5.71. The van der Waals surface area contributed by atoms with Crippen LogP contribution in [0.2, 0.25) is 0 Å². The summed E-state index contributed by atoms with van der Waals surface area (Å²) in [6.45, 7) is 2.22. The van der Waals surface area contributed by atoms with Gasteiger partial charge < -0.3 is 0 Å². The first-order valence-electron chi connectivity index (χ1n) is 3.96. The second kappa shape index (κ2) is 2.19. The van der Waals surface area contributed by atoms with Gasteiger partial charge in [-0.05, 0) is 6.92 Å². The average Bonchev–Trinajstić information content (AvgIpc) is 2.30. The molecule has 1 aliphatic heterocycles. The van der Waals surface area contributed by atoms with Crippen molar-refractivity contribution in [2.24, 2.45) is 0 Å². The van der Waals surface area contributed by atoms with Gasteiger partial charge in [-0.3, -0.25) is 0 Å². The third-order valence-corrected chi connectivity index (χ3v) is 2.25. The number of benzene rings is 1. The first kappa shape index (κ1) is 6.59. The Hall–Kier alpha value is -1.11. The van der Waals surface area contributed by atoms with Crippen LogP contribution in [0.25, 0.3) is 0 Å². The topological polar surface area (TPSA) is 3.01 Å². The zero-order chi connectivity index (χ0) is 7.84. The van der Waals surface area contributed by atoms with Crippen LogP contribution in [0.5, 0.6) is 0 Å². The van der Waals surface area contributed by atoms with E-state index in [9.17, 15) is 0 Å². The lowest BCUT2D eigenvalue weighted by Crippen LogP contribution is -1.92. The molecule has 0 saturated heterocycles. The van der Waals surface area contributed by atoms with Crippen molar-refractivity contribution < 1.29 is 4.58 Å². The van der Waals surface area contributed by atoms with Crippen molar-refractivity contribution in [1.29, 1.82) is 0 Å². The number of hydrogen-bond acceptors (Lipinski definition) is 0. The molecule has 0 aromatic heterocycles. The number of rotatable bonds is 0. The lowest BCUT2D eigenvalue weighted by Gasteiger charge is -1.95. The van der Waals surface area contributed by atoms with Crippen molar-refractivity contribution in [1.82, 2.24) is 0 Å². The van der Waals surface area contributed by atoms with E-state index in [2.05, 4.69) is 49.0 Å². The van der Waals surface area contributed by atoms with E-state index in [1.54, 1.807) is 0 Å². The zero-order valence-electron chi connectivity index (χ0n) is 6.91. The SMILES string of the molecule is CC1C=[N+](C)c2ccccc21. The molecule has 0 bridgehead atoms. The summed E-state index contributed by atoms with van der Waals surface area (Å²) in [7, 11) is 2.10. The molecule has 1 aromatic rings. The molecule has 1 heteroatoms. The molecule has 1 atom stereocenters. The maximum atomic E-state index is 2.24. The fraction of sp³-hybridized carbons (Fsp3) is 0.300. The first-order valence-corrected chi connectivity index (χ1v) is 3.96. The Labute approximate surface area is 67.0 Å². The van der Waals surface area contributed by atoms with Crippen LogP contribution < -0.4 is 0 Å². The standard InChI is InChI=1S/C10H12N/c1-8-7-11(2)10-6-4-3-5-9(8)10/h3-8H,1-2H3/q+1. The summed E-state index contributed by atoms with van der Waals surface area (Å²) in [5, 5.41) is 0. The molecule has 0 aliphatic carbocycles. The van der Waals surface area contributed by atoms with Gasteiger partial charge in [0.2, 0.25) is 5.69 Å². The normalized spacial score (nSPS) is 21.3. The van der Waals surface area contributed by atoms with Crippen LogP contribution in [0.3, 0.4) is 0 Å². The van der Waals surface area contributed by atoms with Crippen LogP contribution in [0.4, 0.5) is 5.69 Å². The molecular weight excluding hydrogens is 134 g/mol. The van der Waals surface area contributed by atoms with Crippen LogP contribution in [-0.2, 0) is 0 Å². The van der Waals surface area contributed by atoms with Crippen LogP contribution in [0.15, 0.2) is 24.3 Å². The monoisotopic (exact) mass is 146 g/mol. The largest absolute Gasteiger partial charge is 0.208 e. The van der Waals surface area contributed by atoms with Crippen molar-refractivity contribution >= 4 is 11.9 Å². The Kier molecular flexibility index (Phi) is 1.31. The smallest absolute Gasteiger partial charge is 0.205 e. The second-order valence-corrected chi connectivity index (χ2v) is 3.11. The molecule has 0 spiro atoms. The van der Waals surface area contributed by atoms with Crippen molar-refractivity contribution in [2.45, 2.75) is 12.8 Å². The maximum Gasteiger partial charge on any atom is 0.208 e. The third kappa shape index (κ3) is 0.881. The van der Waals surface area contributed by atoms with E-state index in [-0.39, 0.29) is 0 Å². The van der Waals surface area contributed by atoms with Gasteiger partial charge in [-0.1, -0.05) is 18.2 Å². The van der Waals surface area contributed by atoms with Gasteiger partial charge in [0, 0.05) is 11.6 Å². The van der Waals surface area contributed by atoms with Crippen LogP contribution in [0, 0.1) is 0 Å². The average molecular weight is 146 g/mol. The van der Waals surface area contributed by atoms with Crippen molar-refractivity contribution in [3.8, 4) is 0 Å². The van der Waals surface area contributed by atoms with Crippen molar-refractivity contribution in [3.05, 3.63) is 29.8 Å². The molecule has 11 heavy (non-hydrogen) atoms. The number of nitrogens with zero attached hydrogens (tertiary/aromatic N) is 1. The highest BCUT2D eigenvalue weighted by Gasteiger charge is 2.23. The van der Waals surface area contributed by atoms with Crippen LogP contribution >= 0.6 is 0 Å². The summed E-state index contributed by atoms with van der Waals surface area (Å²) in [5.41, 5.74) is 2.79. The van der Waals surface area contributed by atoms with E-state index in [0.29, 0.717) is 5.92 Å². The molecule has 1 nitrogen and oxygen atoms in total. The molecular formula is C10H12N+. The van der Waals surface area contributed by atoms with E-state index >= 15 is 0 Å². The summed E-state index contributed by atoms with van der Waals surface area (Å²) < 4.78 is 2.19. The van der Waals surface area contributed by atoms with E-state index in [4.69, 9.17) is 0 Å². The first-order chi connectivity index (χ1) is 5.29. The van der Waals surface area contributed by atoms with Gasteiger partial charge in [0.05, 0.1) is 5.92 Å². The predicted octanol–water partition coefficient (Wildman–Crippen LogP) is 2.15. The van der Waals surface area contributed by atoms with E-state index < -0.39 is 0 Å². The summed E-state index contributed by atoms with van der Waals surface area (Å²) in [6, 6.07) is 8.54.